The molecule has 0 heterocycles. The molecule has 0 bridgehead atoms. The topological polar surface area (TPSA) is 71.4 Å². The molecule has 4 heteroatoms. The predicted octanol–water partition coefficient (Wildman–Crippen LogP) is 2.57. The normalized spacial score (nSPS) is 42.3. The van der Waals surface area contributed by atoms with Gasteiger partial charge in [-0.25, -0.2) is 0 Å². The van der Waals surface area contributed by atoms with Gasteiger partial charge in [-0.1, -0.05) is 31.6 Å². The summed E-state index contributed by atoms with van der Waals surface area (Å²) in [5, 5.41) is 9.29. The molecule has 0 aliphatic heterocycles. The number of hydrogen-bond donors (Lipinski definition) is 1. The van der Waals surface area contributed by atoms with Crippen molar-refractivity contribution in [2.45, 2.75) is 39.5 Å². The second kappa shape index (κ2) is 5.34. The number of Topliss-reactive ketones (excluding diaryl/α,β-unsaturated/α-hetero) is 2. The van der Waals surface area contributed by atoms with Gasteiger partial charge in [0.2, 0.25) is 0 Å². The van der Waals surface area contributed by atoms with Gasteiger partial charge in [-0.15, -0.1) is 0 Å². The number of hydrogen-bond acceptors (Lipinski definition) is 4. The third-order valence-corrected chi connectivity index (χ3v) is 7.28. The lowest BCUT2D eigenvalue weighted by atomic mass is 9.47. The molecule has 0 radical (unpaired) electrons. The van der Waals surface area contributed by atoms with Crippen molar-refractivity contribution in [3.63, 3.8) is 0 Å². The van der Waals surface area contributed by atoms with E-state index in [-0.39, 0.29) is 40.5 Å². The van der Waals surface area contributed by atoms with Gasteiger partial charge >= 0.3 is 0 Å². The Bertz CT molecular complexity index is 771. The molecule has 0 aromatic carbocycles. The third-order valence-electron chi connectivity index (χ3n) is 7.28. The van der Waals surface area contributed by atoms with Gasteiger partial charge in [-0.3, -0.25) is 14.4 Å². The van der Waals surface area contributed by atoms with Crippen LogP contribution >= 0.6 is 0 Å². The fourth-order valence-electron chi connectivity index (χ4n) is 6.12. The molecule has 25 heavy (non-hydrogen) atoms. The Morgan fingerprint density at radius 1 is 1.32 bits per heavy atom. The van der Waals surface area contributed by atoms with Crippen molar-refractivity contribution in [2.75, 3.05) is 6.61 Å². The van der Waals surface area contributed by atoms with Gasteiger partial charge in [0.1, 0.15) is 12.4 Å². The lowest BCUT2D eigenvalue weighted by Crippen LogP contribution is -2.54. The molecule has 2 saturated carbocycles. The summed E-state index contributed by atoms with van der Waals surface area (Å²) in [4.78, 5) is 37.2. The Morgan fingerprint density at radius 2 is 2.08 bits per heavy atom. The highest BCUT2D eigenvalue weighted by molar-refractivity contribution is 6.02. The van der Waals surface area contributed by atoms with E-state index in [1.807, 2.05) is 19.1 Å². The monoisotopic (exact) mass is 340 g/mol. The zero-order valence-electron chi connectivity index (χ0n) is 14.7. The molecule has 0 aromatic rings. The van der Waals surface area contributed by atoms with Gasteiger partial charge in [-0.05, 0) is 43.3 Å². The number of aliphatic hydroxyl groups excluding tert-OH is 1. The number of fused-ring (bicyclic) bond motifs is 5. The summed E-state index contributed by atoms with van der Waals surface area (Å²) in [6.07, 6.45) is 10.1. The van der Waals surface area contributed by atoms with Crippen molar-refractivity contribution in [2.24, 2.45) is 28.6 Å². The molecule has 4 aliphatic rings. The maximum Gasteiger partial charge on any atom is 0.184 e. The SMILES string of the molecule is C[C@]12C=CC(=O)C=C1CC[C@@H]1[C@@H]2C(=O)C[C@]2(C)C(C(=O)CO)=CC[C@@H]12. The molecule has 2 fully saturated rings. The second-order valence-electron chi connectivity index (χ2n) is 8.47. The van der Waals surface area contributed by atoms with Crippen LogP contribution in [0.5, 0.6) is 0 Å². The summed E-state index contributed by atoms with van der Waals surface area (Å²) in [6, 6.07) is 0. The van der Waals surface area contributed by atoms with E-state index in [1.165, 1.54) is 0 Å². The molecule has 132 valence electrons. The van der Waals surface area contributed by atoms with Gasteiger partial charge in [-0.2, -0.15) is 0 Å². The molecule has 0 aromatic heterocycles. The number of carbonyl (C=O) groups is 3. The molecule has 0 amide bonds. The standard InChI is InChI=1S/C21H24O4/c1-20-8-7-13(23)9-12(20)3-4-14-15-5-6-16(18(25)11-22)21(15,2)10-17(24)19(14)20/h6-9,14-15,19,22H,3-5,10-11H2,1-2H3/t14-,15-,19+,20-,21-/m0/s1. The molecule has 1 N–H and O–H groups in total. The van der Waals surface area contributed by atoms with Crippen LogP contribution in [0.3, 0.4) is 0 Å². The summed E-state index contributed by atoms with van der Waals surface area (Å²) in [5.74, 6) is 0.303. The molecule has 0 saturated heterocycles. The second-order valence-corrected chi connectivity index (χ2v) is 8.47. The molecular formula is C21H24O4. The minimum atomic E-state index is -0.494. The average molecular weight is 340 g/mol. The van der Waals surface area contributed by atoms with Crippen LogP contribution in [0, 0.1) is 28.6 Å². The first-order valence-electron chi connectivity index (χ1n) is 9.13. The van der Waals surface area contributed by atoms with E-state index in [2.05, 4.69) is 6.92 Å². The zero-order chi connectivity index (χ0) is 18.0. The van der Waals surface area contributed by atoms with E-state index in [0.29, 0.717) is 12.0 Å². The van der Waals surface area contributed by atoms with Crippen LogP contribution in [0.2, 0.25) is 0 Å². The molecule has 0 spiro atoms. The van der Waals surface area contributed by atoms with Crippen LogP contribution in [0.15, 0.2) is 35.5 Å². The Balaban J connectivity index is 1.74. The molecular weight excluding hydrogens is 316 g/mol. The van der Waals surface area contributed by atoms with E-state index in [9.17, 15) is 19.5 Å². The molecule has 4 aliphatic carbocycles. The van der Waals surface area contributed by atoms with Crippen molar-refractivity contribution in [3.8, 4) is 0 Å². The highest BCUT2D eigenvalue weighted by Crippen LogP contribution is 2.63. The van der Waals surface area contributed by atoms with Crippen molar-refractivity contribution in [1.29, 1.82) is 0 Å². The first-order chi connectivity index (χ1) is 11.8. The summed E-state index contributed by atoms with van der Waals surface area (Å²) >= 11 is 0. The average Bonchev–Trinajstić information content (AvgIpc) is 2.91. The summed E-state index contributed by atoms with van der Waals surface area (Å²) in [5.41, 5.74) is 0.895. The van der Waals surface area contributed by atoms with Gasteiger partial charge < -0.3 is 5.11 Å². The van der Waals surface area contributed by atoms with Crippen LogP contribution in [0.25, 0.3) is 0 Å². The fourth-order valence-corrected chi connectivity index (χ4v) is 6.12. The van der Waals surface area contributed by atoms with Crippen LogP contribution in [-0.2, 0) is 14.4 Å². The van der Waals surface area contributed by atoms with E-state index < -0.39 is 12.0 Å². The predicted molar refractivity (Wildman–Crippen MR) is 92.6 cm³/mol. The van der Waals surface area contributed by atoms with E-state index >= 15 is 0 Å². The highest BCUT2D eigenvalue weighted by Gasteiger charge is 2.60. The van der Waals surface area contributed by atoms with Crippen molar-refractivity contribution < 1.29 is 19.5 Å². The van der Waals surface area contributed by atoms with Crippen LogP contribution < -0.4 is 0 Å². The molecule has 5 atom stereocenters. The minimum absolute atomic E-state index is 0.0115. The van der Waals surface area contributed by atoms with Gasteiger partial charge in [0.25, 0.3) is 0 Å². The van der Waals surface area contributed by atoms with E-state index in [4.69, 9.17) is 0 Å². The summed E-state index contributed by atoms with van der Waals surface area (Å²) in [7, 11) is 0. The maximum absolute atomic E-state index is 13.2. The highest BCUT2D eigenvalue weighted by atomic mass is 16.3. The lowest BCUT2D eigenvalue weighted by molar-refractivity contribution is -0.140. The minimum Gasteiger partial charge on any atom is -0.388 e. The summed E-state index contributed by atoms with van der Waals surface area (Å²) < 4.78 is 0. The maximum atomic E-state index is 13.2. The van der Waals surface area contributed by atoms with Crippen molar-refractivity contribution in [1.82, 2.24) is 0 Å². The number of ketones is 3. The Morgan fingerprint density at radius 3 is 2.80 bits per heavy atom. The van der Waals surface area contributed by atoms with E-state index in [0.717, 1.165) is 24.8 Å². The molecule has 0 unspecified atom stereocenters. The van der Waals surface area contributed by atoms with Crippen LogP contribution in [-0.4, -0.2) is 29.1 Å². The van der Waals surface area contributed by atoms with Gasteiger partial charge in [0, 0.05) is 28.7 Å². The number of carbonyl (C=O) groups excluding carboxylic acids is 3. The third kappa shape index (κ3) is 2.13. The van der Waals surface area contributed by atoms with Crippen molar-refractivity contribution >= 4 is 17.3 Å². The smallest absolute Gasteiger partial charge is 0.184 e. The number of allylic oxidation sites excluding steroid dienone is 5. The molecule has 4 nitrogen and oxygen atoms in total. The summed E-state index contributed by atoms with van der Waals surface area (Å²) in [6.45, 7) is 3.61. The first kappa shape index (κ1) is 16.6. The van der Waals surface area contributed by atoms with E-state index in [1.54, 1.807) is 12.2 Å². The van der Waals surface area contributed by atoms with Gasteiger partial charge in [0.05, 0.1) is 0 Å². The zero-order valence-corrected chi connectivity index (χ0v) is 14.7. The Labute approximate surface area is 147 Å². The number of aliphatic hydroxyl groups is 1. The largest absolute Gasteiger partial charge is 0.388 e. The van der Waals surface area contributed by atoms with Gasteiger partial charge in [0.15, 0.2) is 11.6 Å². The molecule has 4 rings (SSSR count). The fraction of sp³-hybridized carbons (Fsp3) is 0.571. The van der Waals surface area contributed by atoms with Crippen molar-refractivity contribution in [3.05, 3.63) is 35.5 Å². The first-order valence-corrected chi connectivity index (χ1v) is 9.13. The number of rotatable bonds is 2. The van der Waals surface area contributed by atoms with Crippen LogP contribution in [0.1, 0.15) is 39.5 Å². The Hall–Kier alpha value is -1.81. The Kier molecular flexibility index (Phi) is 3.56. The quantitative estimate of drug-likeness (QED) is 0.839. The van der Waals surface area contributed by atoms with Crippen LogP contribution in [0.4, 0.5) is 0 Å². The lowest BCUT2D eigenvalue weighted by Gasteiger charge is -2.55.